The lowest BCUT2D eigenvalue weighted by Crippen LogP contribution is -2.31. The van der Waals surface area contributed by atoms with Gasteiger partial charge < -0.3 is 15.2 Å². The normalized spacial score (nSPS) is 14.5. The number of benzene rings is 1. The fourth-order valence-electron chi connectivity index (χ4n) is 1.62. The van der Waals surface area contributed by atoms with Crippen molar-refractivity contribution >= 4 is 0 Å². The summed E-state index contributed by atoms with van der Waals surface area (Å²) in [4.78, 5) is 0. The second-order valence-electron chi connectivity index (χ2n) is 3.98. The average Bonchev–Trinajstić information content (AvgIpc) is 2.29. The highest BCUT2D eigenvalue weighted by Gasteiger charge is 2.09. The molecule has 0 heterocycles. The molecule has 0 fully saturated rings. The van der Waals surface area contributed by atoms with Gasteiger partial charge in [-0.1, -0.05) is 12.1 Å². The fraction of sp³-hybridized carbons (Fsp3) is 0.538. The SMILES string of the molecule is CCOc1cccc(C(C)NC(C)CO)c1. The Bertz CT molecular complexity index is 315. The molecule has 1 rings (SSSR count). The van der Waals surface area contributed by atoms with E-state index in [1.54, 1.807) is 0 Å². The van der Waals surface area contributed by atoms with E-state index in [-0.39, 0.29) is 18.7 Å². The Labute approximate surface area is 97.4 Å². The zero-order valence-electron chi connectivity index (χ0n) is 10.2. The van der Waals surface area contributed by atoms with Crippen molar-refractivity contribution in [3.8, 4) is 5.75 Å². The number of aliphatic hydroxyl groups excluding tert-OH is 1. The van der Waals surface area contributed by atoms with Crippen LogP contribution in [0.1, 0.15) is 32.4 Å². The van der Waals surface area contributed by atoms with Crippen molar-refractivity contribution < 1.29 is 9.84 Å². The summed E-state index contributed by atoms with van der Waals surface area (Å²) in [7, 11) is 0. The van der Waals surface area contributed by atoms with E-state index in [4.69, 9.17) is 9.84 Å². The molecule has 1 aromatic carbocycles. The lowest BCUT2D eigenvalue weighted by Gasteiger charge is -2.19. The first kappa shape index (κ1) is 13.0. The summed E-state index contributed by atoms with van der Waals surface area (Å²) in [5.41, 5.74) is 1.17. The lowest BCUT2D eigenvalue weighted by atomic mass is 10.1. The van der Waals surface area contributed by atoms with Gasteiger partial charge >= 0.3 is 0 Å². The van der Waals surface area contributed by atoms with E-state index in [0.717, 1.165) is 5.75 Å². The van der Waals surface area contributed by atoms with Crippen molar-refractivity contribution in [2.24, 2.45) is 0 Å². The average molecular weight is 223 g/mol. The van der Waals surface area contributed by atoms with Crippen molar-refractivity contribution in [3.05, 3.63) is 29.8 Å². The summed E-state index contributed by atoms with van der Waals surface area (Å²) in [6.45, 7) is 6.84. The molecule has 0 saturated heterocycles. The zero-order valence-corrected chi connectivity index (χ0v) is 10.2. The highest BCUT2D eigenvalue weighted by molar-refractivity contribution is 5.30. The third-order valence-electron chi connectivity index (χ3n) is 2.48. The van der Waals surface area contributed by atoms with Gasteiger partial charge in [-0.3, -0.25) is 0 Å². The molecule has 0 radical (unpaired) electrons. The van der Waals surface area contributed by atoms with Crippen LogP contribution in [0.5, 0.6) is 5.75 Å². The van der Waals surface area contributed by atoms with Crippen LogP contribution in [-0.2, 0) is 0 Å². The molecule has 90 valence electrons. The fourth-order valence-corrected chi connectivity index (χ4v) is 1.62. The molecule has 3 heteroatoms. The van der Waals surface area contributed by atoms with Gasteiger partial charge in [0.2, 0.25) is 0 Å². The van der Waals surface area contributed by atoms with Crippen LogP contribution in [0.3, 0.4) is 0 Å². The first-order valence-electron chi connectivity index (χ1n) is 5.77. The molecule has 0 aliphatic heterocycles. The molecule has 0 aromatic heterocycles. The van der Waals surface area contributed by atoms with Gasteiger partial charge in [0.25, 0.3) is 0 Å². The van der Waals surface area contributed by atoms with Crippen LogP contribution in [-0.4, -0.2) is 24.4 Å². The molecule has 0 spiro atoms. The highest BCUT2D eigenvalue weighted by atomic mass is 16.5. The van der Waals surface area contributed by atoms with Gasteiger partial charge in [-0.05, 0) is 38.5 Å². The van der Waals surface area contributed by atoms with E-state index in [2.05, 4.69) is 18.3 Å². The Morgan fingerprint density at radius 3 is 2.75 bits per heavy atom. The van der Waals surface area contributed by atoms with Crippen molar-refractivity contribution in [2.45, 2.75) is 32.9 Å². The monoisotopic (exact) mass is 223 g/mol. The molecule has 16 heavy (non-hydrogen) atoms. The number of aliphatic hydroxyl groups is 1. The predicted molar refractivity (Wildman–Crippen MR) is 65.7 cm³/mol. The second-order valence-corrected chi connectivity index (χ2v) is 3.98. The minimum Gasteiger partial charge on any atom is -0.494 e. The van der Waals surface area contributed by atoms with Crippen molar-refractivity contribution in [2.75, 3.05) is 13.2 Å². The van der Waals surface area contributed by atoms with E-state index < -0.39 is 0 Å². The van der Waals surface area contributed by atoms with E-state index in [9.17, 15) is 0 Å². The Balaban J connectivity index is 2.67. The summed E-state index contributed by atoms with van der Waals surface area (Å²) in [5, 5.41) is 12.3. The molecule has 2 N–H and O–H groups in total. The molecule has 0 saturated carbocycles. The largest absolute Gasteiger partial charge is 0.494 e. The summed E-state index contributed by atoms with van der Waals surface area (Å²) in [6.07, 6.45) is 0. The summed E-state index contributed by atoms with van der Waals surface area (Å²) >= 11 is 0. The molecule has 0 bridgehead atoms. The summed E-state index contributed by atoms with van der Waals surface area (Å²) < 4.78 is 5.45. The molecule has 1 aromatic rings. The Morgan fingerprint density at radius 1 is 1.38 bits per heavy atom. The molecule has 3 nitrogen and oxygen atoms in total. The van der Waals surface area contributed by atoms with Crippen molar-refractivity contribution in [1.82, 2.24) is 5.32 Å². The van der Waals surface area contributed by atoms with Gasteiger partial charge in [0.1, 0.15) is 5.75 Å². The maximum absolute atomic E-state index is 8.98. The van der Waals surface area contributed by atoms with Gasteiger partial charge in [-0.25, -0.2) is 0 Å². The maximum atomic E-state index is 8.98. The number of rotatable bonds is 6. The van der Waals surface area contributed by atoms with Crippen LogP contribution in [0.25, 0.3) is 0 Å². The van der Waals surface area contributed by atoms with Crippen LogP contribution in [0.4, 0.5) is 0 Å². The lowest BCUT2D eigenvalue weighted by molar-refractivity contribution is 0.243. The maximum Gasteiger partial charge on any atom is 0.119 e. The molecule has 0 aliphatic rings. The van der Waals surface area contributed by atoms with E-state index in [0.29, 0.717) is 6.61 Å². The van der Waals surface area contributed by atoms with Gasteiger partial charge in [0.15, 0.2) is 0 Å². The van der Waals surface area contributed by atoms with E-state index in [1.807, 2.05) is 32.0 Å². The van der Waals surface area contributed by atoms with Gasteiger partial charge in [0.05, 0.1) is 13.2 Å². The topological polar surface area (TPSA) is 41.5 Å². The number of hydrogen-bond acceptors (Lipinski definition) is 3. The summed E-state index contributed by atoms with van der Waals surface area (Å²) in [6, 6.07) is 8.35. The first-order chi connectivity index (χ1) is 7.67. The van der Waals surface area contributed by atoms with Crippen molar-refractivity contribution in [1.29, 1.82) is 0 Å². The van der Waals surface area contributed by atoms with Crippen LogP contribution < -0.4 is 10.1 Å². The van der Waals surface area contributed by atoms with Crippen LogP contribution in [0.15, 0.2) is 24.3 Å². The summed E-state index contributed by atoms with van der Waals surface area (Å²) in [5.74, 6) is 0.894. The van der Waals surface area contributed by atoms with E-state index in [1.165, 1.54) is 5.56 Å². The molecule has 0 amide bonds. The third-order valence-corrected chi connectivity index (χ3v) is 2.48. The molecular weight excluding hydrogens is 202 g/mol. The van der Waals surface area contributed by atoms with Crippen LogP contribution in [0.2, 0.25) is 0 Å². The molecule has 0 aliphatic carbocycles. The Hall–Kier alpha value is -1.06. The standard InChI is InChI=1S/C13H21NO2/c1-4-16-13-7-5-6-12(8-13)11(3)14-10(2)9-15/h5-8,10-11,14-15H,4,9H2,1-3H3. The van der Waals surface area contributed by atoms with Crippen molar-refractivity contribution in [3.63, 3.8) is 0 Å². The molecule has 2 unspecified atom stereocenters. The molecular formula is C13H21NO2. The number of nitrogens with one attached hydrogen (secondary N) is 1. The minimum atomic E-state index is 0.103. The number of hydrogen-bond donors (Lipinski definition) is 2. The van der Waals surface area contributed by atoms with Gasteiger partial charge in [-0.15, -0.1) is 0 Å². The Morgan fingerprint density at radius 2 is 2.12 bits per heavy atom. The predicted octanol–water partition coefficient (Wildman–Crippen LogP) is 2.12. The van der Waals surface area contributed by atoms with Gasteiger partial charge in [0, 0.05) is 12.1 Å². The number of ether oxygens (including phenoxy) is 1. The first-order valence-corrected chi connectivity index (χ1v) is 5.77. The molecule has 2 atom stereocenters. The highest BCUT2D eigenvalue weighted by Crippen LogP contribution is 2.19. The Kier molecular flexibility index (Phi) is 5.29. The van der Waals surface area contributed by atoms with Crippen LogP contribution >= 0.6 is 0 Å². The zero-order chi connectivity index (χ0) is 12.0. The second kappa shape index (κ2) is 6.51. The third kappa shape index (κ3) is 3.83. The van der Waals surface area contributed by atoms with Crippen LogP contribution in [0, 0.1) is 0 Å². The smallest absolute Gasteiger partial charge is 0.119 e. The quantitative estimate of drug-likeness (QED) is 0.776. The minimum absolute atomic E-state index is 0.103. The van der Waals surface area contributed by atoms with Gasteiger partial charge in [-0.2, -0.15) is 0 Å². The van der Waals surface area contributed by atoms with E-state index >= 15 is 0 Å².